The first kappa shape index (κ1) is 23.0. The van der Waals surface area contributed by atoms with Gasteiger partial charge in [0.1, 0.15) is 0 Å². The molecule has 3 aliphatic heterocycles. The van der Waals surface area contributed by atoms with Gasteiger partial charge in [-0.15, -0.1) is 24.8 Å². The first-order valence-electron chi connectivity index (χ1n) is 9.51. The lowest BCUT2D eigenvalue weighted by Crippen LogP contribution is -2.40. The van der Waals surface area contributed by atoms with Crippen LogP contribution in [0.25, 0.3) is 0 Å². The maximum Gasteiger partial charge on any atom is 0.222 e. The Morgan fingerprint density at radius 3 is 2.48 bits per heavy atom. The summed E-state index contributed by atoms with van der Waals surface area (Å²) in [6.07, 6.45) is 4.38. The quantitative estimate of drug-likeness (QED) is 0.773. The molecule has 25 heavy (non-hydrogen) atoms. The van der Waals surface area contributed by atoms with Crippen LogP contribution in [-0.2, 0) is 9.53 Å². The van der Waals surface area contributed by atoms with Gasteiger partial charge in [0.05, 0.1) is 13.2 Å². The summed E-state index contributed by atoms with van der Waals surface area (Å²) < 4.78 is 5.41. The average molecular weight is 396 g/mol. The Hall–Kier alpha value is -0.0700. The topological polar surface area (TPSA) is 44.8 Å². The van der Waals surface area contributed by atoms with Crippen molar-refractivity contribution in [2.75, 3.05) is 59.0 Å². The fourth-order valence-corrected chi connectivity index (χ4v) is 4.34. The molecule has 3 rings (SSSR count). The molecule has 0 aromatic rings. The molecule has 148 valence electrons. The van der Waals surface area contributed by atoms with Crippen molar-refractivity contribution in [1.29, 1.82) is 0 Å². The minimum absolute atomic E-state index is 0. The zero-order valence-electron chi connectivity index (χ0n) is 15.5. The Morgan fingerprint density at radius 2 is 1.80 bits per heavy atom. The van der Waals surface area contributed by atoms with E-state index in [0.29, 0.717) is 17.7 Å². The summed E-state index contributed by atoms with van der Waals surface area (Å²) in [5.74, 6) is 2.31. The number of rotatable bonds is 5. The summed E-state index contributed by atoms with van der Waals surface area (Å²) in [5.41, 5.74) is 0. The number of carbonyl (C=O) groups excluding carboxylic acids is 1. The van der Waals surface area contributed by atoms with E-state index < -0.39 is 0 Å². The van der Waals surface area contributed by atoms with Gasteiger partial charge in [0.15, 0.2) is 0 Å². The molecule has 1 amide bonds. The van der Waals surface area contributed by atoms with Crippen LogP contribution in [0.15, 0.2) is 0 Å². The van der Waals surface area contributed by atoms with Gasteiger partial charge in [-0.1, -0.05) is 6.92 Å². The number of ether oxygens (including phenoxy) is 1. The van der Waals surface area contributed by atoms with Gasteiger partial charge in [-0.3, -0.25) is 9.69 Å². The van der Waals surface area contributed by atoms with Gasteiger partial charge in [-0.2, -0.15) is 0 Å². The van der Waals surface area contributed by atoms with Crippen LogP contribution in [-0.4, -0.2) is 74.7 Å². The van der Waals surface area contributed by atoms with Crippen molar-refractivity contribution < 1.29 is 9.53 Å². The molecule has 3 heterocycles. The number of likely N-dealkylation sites (tertiary alicyclic amines) is 1. The van der Waals surface area contributed by atoms with E-state index in [0.717, 1.165) is 71.4 Å². The zero-order valence-corrected chi connectivity index (χ0v) is 17.1. The second-order valence-corrected chi connectivity index (χ2v) is 7.68. The SMILES string of the molecule is CC(CC(=O)N1CCC(CN2CCOCC2)C1)C1CCNCC1.Cl.Cl. The van der Waals surface area contributed by atoms with Crippen molar-refractivity contribution in [3.05, 3.63) is 0 Å². The highest BCUT2D eigenvalue weighted by molar-refractivity contribution is 5.85. The van der Waals surface area contributed by atoms with Crippen LogP contribution < -0.4 is 5.32 Å². The number of hydrogen-bond acceptors (Lipinski definition) is 4. The molecule has 3 aliphatic rings. The Labute approximate surface area is 165 Å². The predicted octanol–water partition coefficient (Wildman–Crippen LogP) is 2.04. The summed E-state index contributed by atoms with van der Waals surface area (Å²) in [4.78, 5) is 17.2. The average Bonchev–Trinajstić information content (AvgIpc) is 3.05. The molecule has 5 nitrogen and oxygen atoms in total. The number of carbonyl (C=O) groups is 1. The Morgan fingerprint density at radius 1 is 1.12 bits per heavy atom. The van der Waals surface area contributed by atoms with Crippen molar-refractivity contribution in [2.24, 2.45) is 17.8 Å². The Balaban J connectivity index is 0.00000156. The maximum absolute atomic E-state index is 12.6. The van der Waals surface area contributed by atoms with Crippen LogP contribution >= 0.6 is 24.8 Å². The molecule has 0 bridgehead atoms. The maximum atomic E-state index is 12.6. The Bertz CT molecular complexity index is 389. The first-order chi connectivity index (χ1) is 11.2. The van der Waals surface area contributed by atoms with E-state index >= 15 is 0 Å². The van der Waals surface area contributed by atoms with Crippen molar-refractivity contribution in [2.45, 2.75) is 32.6 Å². The molecule has 0 radical (unpaired) electrons. The van der Waals surface area contributed by atoms with Gasteiger partial charge in [0.2, 0.25) is 5.91 Å². The van der Waals surface area contributed by atoms with Gasteiger partial charge in [-0.25, -0.2) is 0 Å². The van der Waals surface area contributed by atoms with Crippen LogP contribution in [0, 0.1) is 17.8 Å². The molecule has 2 atom stereocenters. The lowest BCUT2D eigenvalue weighted by atomic mass is 9.84. The molecule has 0 aromatic carbocycles. The summed E-state index contributed by atoms with van der Waals surface area (Å²) in [6, 6.07) is 0. The molecule has 1 N–H and O–H groups in total. The van der Waals surface area contributed by atoms with Crippen molar-refractivity contribution in [3.63, 3.8) is 0 Å². The van der Waals surface area contributed by atoms with Crippen molar-refractivity contribution >= 4 is 30.7 Å². The highest BCUT2D eigenvalue weighted by Crippen LogP contribution is 2.26. The molecular formula is C18H35Cl2N3O2. The van der Waals surface area contributed by atoms with E-state index in [1.165, 1.54) is 19.3 Å². The smallest absolute Gasteiger partial charge is 0.222 e. The summed E-state index contributed by atoms with van der Waals surface area (Å²) in [7, 11) is 0. The number of hydrogen-bond donors (Lipinski definition) is 1. The summed E-state index contributed by atoms with van der Waals surface area (Å²) >= 11 is 0. The number of halogens is 2. The summed E-state index contributed by atoms with van der Waals surface area (Å²) in [6.45, 7) is 11.4. The lowest BCUT2D eigenvalue weighted by molar-refractivity contribution is -0.131. The van der Waals surface area contributed by atoms with E-state index in [9.17, 15) is 4.79 Å². The normalized spacial score (nSPS) is 26.6. The largest absolute Gasteiger partial charge is 0.379 e. The predicted molar refractivity (Wildman–Crippen MR) is 106 cm³/mol. The zero-order chi connectivity index (χ0) is 16.1. The minimum Gasteiger partial charge on any atom is -0.379 e. The Kier molecular flexibility index (Phi) is 10.7. The molecule has 0 spiro atoms. The standard InChI is InChI=1S/C18H33N3O2.2ClH/c1-15(17-2-5-19-6-3-17)12-18(22)21-7-4-16(14-21)13-20-8-10-23-11-9-20;;/h15-17,19H,2-14H2,1H3;2*1H. The van der Waals surface area contributed by atoms with Gasteiger partial charge >= 0.3 is 0 Å². The van der Waals surface area contributed by atoms with E-state index in [1.54, 1.807) is 0 Å². The monoisotopic (exact) mass is 395 g/mol. The van der Waals surface area contributed by atoms with E-state index in [-0.39, 0.29) is 24.8 Å². The molecule has 0 aromatic heterocycles. The van der Waals surface area contributed by atoms with E-state index in [2.05, 4.69) is 22.0 Å². The van der Waals surface area contributed by atoms with Crippen LogP contribution in [0.4, 0.5) is 0 Å². The molecule has 7 heteroatoms. The van der Waals surface area contributed by atoms with Gasteiger partial charge in [0.25, 0.3) is 0 Å². The van der Waals surface area contributed by atoms with Gasteiger partial charge in [-0.05, 0) is 50.1 Å². The van der Waals surface area contributed by atoms with Gasteiger partial charge in [0, 0.05) is 39.1 Å². The fraction of sp³-hybridized carbons (Fsp3) is 0.944. The molecule has 3 fully saturated rings. The highest BCUT2D eigenvalue weighted by Gasteiger charge is 2.30. The van der Waals surface area contributed by atoms with Crippen LogP contribution in [0.3, 0.4) is 0 Å². The second-order valence-electron chi connectivity index (χ2n) is 7.68. The summed E-state index contributed by atoms with van der Waals surface area (Å²) in [5, 5.41) is 3.41. The van der Waals surface area contributed by atoms with Crippen LogP contribution in [0.1, 0.15) is 32.6 Å². The minimum atomic E-state index is 0. The second kappa shape index (κ2) is 11.6. The molecule has 0 aliphatic carbocycles. The molecule has 0 saturated carbocycles. The van der Waals surface area contributed by atoms with E-state index in [1.807, 2.05) is 0 Å². The number of piperidine rings is 1. The van der Waals surface area contributed by atoms with Gasteiger partial charge < -0.3 is 15.0 Å². The van der Waals surface area contributed by atoms with Crippen molar-refractivity contribution in [3.8, 4) is 0 Å². The molecular weight excluding hydrogens is 361 g/mol. The van der Waals surface area contributed by atoms with Crippen LogP contribution in [0.5, 0.6) is 0 Å². The third-order valence-electron chi connectivity index (χ3n) is 5.94. The molecule has 2 unspecified atom stereocenters. The third-order valence-corrected chi connectivity index (χ3v) is 5.94. The molecule has 3 saturated heterocycles. The van der Waals surface area contributed by atoms with E-state index in [4.69, 9.17) is 4.74 Å². The lowest BCUT2D eigenvalue weighted by Gasteiger charge is -2.30. The number of nitrogens with zero attached hydrogens (tertiary/aromatic N) is 2. The fourth-order valence-electron chi connectivity index (χ4n) is 4.34. The van der Waals surface area contributed by atoms with Crippen molar-refractivity contribution in [1.82, 2.24) is 15.1 Å². The number of amides is 1. The first-order valence-corrected chi connectivity index (χ1v) is 9.51. The number of morpholine rings is 1. The van der Waals surface area contributed by atoms with Crippen LogP contribution in [0.2, 0.25) is 0 Å². The third kappa shape index (κ3) is 6.87. The number of nitrogens with one attached hydrogen (secondary N) is 1. The highest BCUT2D eigenvalue weighted by atomic mass is 35.5.